The molecule has 0 aromatic heterocycles. The fraction of sp³-hybridized carbons (Fsp3) is 0.438. The summed E-state index contributed by atoms with van der Waals surface area (Å²) in [6, 6.07) is 17.3. The number of piperidine rings is 1. The molecule has 1 unspecified atom stereocenters. The van der Waals surface area contributed by atoms with E-state index in [4.69, 9.17) is 9.47 Å². The van der Waals surface area contributed by atoms with Gasteiger partial charge in [-0.2, -0.15) is 0 Å². The minimum atomic E-state index is -0.312. The summed E-state index contributed by atoms with van der Waals surface area (Å²) in [5.74, 6) is 1.51. The quantitative estimate of drug-likeness (QED) is 0.360. The number of hydrogen-bond acceptors (Lipinski definition) is 5. The van der Waals surface area contributed by atoms with Crippen molar-refractivity contribution in [3.63, 3.8) is 0 Å². The van der Waals surface area contributed by atoms with Crippen LogP contribution in [0, 0.1) is 5.82 Å². The van der Waals surface area contributed by atoms with Crippen LogP contribution in [0.5, 0.6) is 17.2 Å². The number of methoxy groups -OCH3 is 1. The number of aromatic hydroxyl groups is 1. The molecule has 1 heterocycles. The zero-order valence-corrected chi connectivity index (χ0v) is 22.6. The highest BCUT2D eigenvalue weighted by Crippen LogP contribution is 2.40. The molecule has 5 rings (SSSR count). The standard InChI is InChI=1S/C32H39FN2O3/c1-34(22-23-6-13-32(30(33)18-23)38-17-16-35-14-4-3-5-15-35)31-21-28(37-2)11-12-29(31)26-8-7-25-20-27(36)10-9-24(25)19-26/h6,9-13,18,20-21,26,36H,3-5,7-8,14-17,19,22H2,1-2H3. The fourth-order valence-electron chi connectivity index (χ4n) is 5.92. The summed E-state index contributed by atoms with van der Waals surface area (Å²) < 4.78 is 26.3. The van der Waals surface area contributed by atoms with Gasteiger partial charge in [-0.05, 0) is 104 Å². The highest BCUT2D eigenvalue weighted by molar-refractivity contribution is 5.59. The van der Waals surface area contributed by atoms with Crippen LogP contribution in [0.1, 0.15) is 53.9 Å². The second-order valence-electron chi connectivity index (χ2n) is 10.7. The Morgan fingerprint density at radius 2 is 1.84 bits per heavy atom. The van der Waals surface area contributed by atoms with Crippen LogP contribution in [0.2, 0.25) is 0 Å². The third kappa shape index (κ3) is 6.24. The summed E-state index contributed by atoms with van der Waals surface area (Å²) in [6.07, 6.45) is 6.67. The average Bonchev–Trinajstić information content (AvgIpc) is 2.94. The Bertz CT molecular complexity index is 1240. The van der Waals surface area contributed by atoms with Crippen molar-refractivity contribution in [1.82, 2.24) is 4.90 Å². The van der Waals surface area contributed by atoms with Crippen molar-refractivity contribution < 1.29 is 19.0 Å². The van der Waals surface area contributed by atoms with E-state index in [1.165, 1.54) is 36.0 Å². The maximum atomic E-state index is 14.9. The molecule has 0 radical (unpaired) electrons. The third-order valence-electron chi connectivity index (χ3n) is 8.04. The van der Waals surface area contributed by atoms with Crippen LogP contribution in [-0.4, -0.2) is 50.4 Å². The van der Waals surface area contributed by atoms with Crippen LogP contribution >= 0.6 is 0 Å². The molecule has 38 heavy (non-hydrogen) atoms. The minimum Gasteiger partial charge on any atom is -0.508 e. The number of phenolic OH excluding ortho intramolecular Hbond substituents is 1. The van der Waals surface area contributed by atoms with Crippen LogP contribution in [0.25, 0.3) is 0 Å². The van der Waals surface area contributed by atoms with Gasteiger partial charge in [0.05, 0.1) is 7.11 Å². The Morgan fingerprint density at radius 1 is 1.00 bits per heavy atom. The number of anilines is 1. The molecular weight excluding hydrogens is 479 g/mol. The molecule has 2 aliphatic rings. The van der Waals surface area contributed by atoms with E-state index in [2.05, 4.69) is 21.9 Å². The van der Waals surface area contributed by atoms with E-state index in [0.29, 0.717) is 30.6 Å². The largest absolute Gasteiger partial charge is 0.508 e. The lowest BCUT2D eigenvalue weighted by Gasteiger charge is -2.30. The Balaban J connectivity index is 1.27. The lowest BCUT2D eigenvalue weighted by atomic mass is 9.79. The predicted molar refractivity (Wildman–Crippen MR) is 150 cm³/mol. The van der Waals surface area contributed by atoms with E-state index in [-0.39, 0.29) is 5.82 Å². The Morgan fingerprint density at radius 3 is 2.63 bits per heavy atom. The van der Waals surface area contributed by atoms with Crippen LogP contribution in [0.3, 0.4) is 0 Å². The summed E-state index contributed by atoms with van der Waals surface area (Å²) in [5, 5.41) is 9.86. The van der Waals surface area contributed by atoms with E-state index in [0.717, 1.165) is 55.9 Å². The lowest BCUT2D eigenvalue weighted by Crippen LogP contribution is -2.33. The second kappa shape index (κ2) is 12.1. The molecular formula is C32H39FN2O3. The maximum absolute atomic E-state index is 14.9. The molecule has 5 nitrogen and oxygen atoms in total. The van der Waals surface area contributed by atoms with Gasteiger partial charge in [-0.1, -0.05) is 24.6 Å². The highest BCUT2D eigenvalue weighted by Gasteiger charge is 2.24. The number of rotatable bonds is 9. The molecule has 0 saturated carbocycles. The van der Waals surface area contributed by atoms with Crippen molar-refractivity contribution >= 4 is 5.69 Å². The smallest absolute Gasteiger partial charge is 0.165 e. The minimum absolute atomic E-state index is 0.312. The molecule has 6 heteroatoms. The number of halogens is 1. The molecule has 202 valence electrons. The Hall–Kier alpha value is -3.25. The van der Waals surface area contributed by atoms with Crippen LogP contribution < -0.4 is 14.4 Å². The summed E-state index contributed by atoms with van der Waals surface area (Å²) in [5.41, 5.74) is 5.79. The van der Waals surface area contributed by atoms with E-state index in [9.17, 15) is 9.50 Å². The van der Waals surface area contributed by atoms with Gasteiger partial charge in [0, 0.05) is 31.9 Å². The molecule has 1 aliphatic heterocycles. The normalized spacial score (nSPS) is 17.6. The highest BCUT2D eigenvalue weighted by atomic mass is 19.1. The van der Waals surface area contributed by atoms with Gasteiger partial charge in [0.15, 0.2) is 11.6 Å². The molecule has 1 saturated heterocycles. The average molecular weight is 519 g/mol. The van der Waals surface area contributed by atoms with Crippen molar-refractivity contribution in [3.8, 4) is 17.2 Å². The van der Waals surface area contributed by atoms with E-state index in [1.807, 2.05) is 31.3 Å². The molecule has 1 atom stereocenters. The number of aryl methyl sites for hydroxylation is 1. The van der Waals surface area contributed by atoms with Gasteiger partial charge in [-0.15, -0.1) is 0 Å². The van der Waals surface area contributed by atoms with Gasteiger partial charge in [0.2, 0.25) is 0 Å². The van der Waals surface area contributed by atoms with Gasteiger partial charge in [-0.3, -0.25) is 4.90 Å². The number of fused-ring (bicyclic) bond motifs is 1. The van der Waals surface area contributed by atoms with Crippen LogP contribution in [-0.2, 0) is 19.4 Å². The molecule has 1 fully saturated rings. The fourth-order valence-corrected chi connectivity index (χ4v) is 5.92. The predicted octanol–water partition coefficient (Wildman–Crippen LogP) is 6.31. The van der Waals surface area contributed by atoms with Crippen LogP contribution in [0.4, 0.5) is 10.1 Å². The maximum Gasteiger partial charge on any atom is 0.165 e. The SMILES string of the molecule is COc1ccc(C2CCc3cc(O)ccc3C2)c(N(C)Cc2ccc(OCCN3CCCCC3)c(F)c2)c1. The Kier molecular flexibility index (Phi) is 8.38. The van der Waals surface area contributed by atoms with Gasteiger partial charge in [0.25, 0.3) is 0 Å². The van der Waals surface area contributed by atoms with Gasteiger partial charge in [0.1, 0.15) is 18.1 Å². The summed E-state index contributed by atoms with van der Waals surface area (Å²) in [6.45, 7) is 4.14. The molecule has 1 aliphatic carbocycles. The molecule has 1 N–H and O–H groups in total. The summed E-state index contributed by atoms with van der Waals surface area (Å²) >= 11 is 0. The molecule has 0 spiro atoms. The van der Waals surface area contributed by atoms with Crippen molar-refractivity contribution in [2.75, 3.05) is 45.3 Å². The van der Waals surface area contributed by atoms with Gasteiger partial charge >= 0.3 is 0 Å². The zero-order chi connectivity index (χ0) is 26.5. The topological polar surface area (TPSA) is 45.2 Å². The third-order valence-corrected chi connectivity index (χ3v) is 8.04. The number of ether oxygens (including phenoxy) is 2. The monoisotopic (exact) mass is 518 g/mol. The van der Waals surface area contributed by atoms with E-state index in [1.54, 1.807) is 25.3 Å². The van der Waals surface area contributed by atoms with E-state index >= 15 is 0 Å². The first kappa shape index (κ1) is 26.4. The van der Waals surface area contributed by atoms with Crippen LogP contribution in [0.15, 0.2) is 54.6 Å². The molecule has 3 aromatic rings. The van der Waals surface area contributed by atoms with Crippen molar-refractivity contribution in [2.45, 2.75) is 51.0 Å². The van der Waals surface area contributed by atoms with E-state index < -0.39 is 0 Å². The van der Waals surface area contributed by atoms with Gasteiger partial charge < -0.3 is 19.5 Å². The number of phenols is 1. The first-order valence-corrected chi connectivity index (χ1v) is 13.8. The lowest BCUT2D eigenvalue weighted by molar-refractivity contribution is 0.180. The first-order chi connectivity index (χ1) is 18.5. The number of benzene rings is 3. The summed E-state index contributed by atoms with van der Waals surface area (Å²) in [4.78, 5) is 4.57. The zero-order valence-electron chi connectivity index (χ0n) is 22.6. The summed E-state index contributed by atoms with van der Waals surface area (Å²) in [7, 11) is 3.73. The van der Waals surface area contributed by atoms with Crippen molar-refractivity contribution in [3.05, 3.63) is 82.7 Å². The van der Waals surface area contributed by atoms with Crippen molar-refractivity contribution in [2.24, 2.45) is 0 Å². The number of hydrogen-bond donors (Lipinski definition) is 1. The number of likely N-dealkylation sites (tertiary alicyclic amines) is 1. The Labute approximate surface area is 225 Å². The van der Waals surface area contributed by atoms with Crippen molar-refractivity contribution in [1.29, 1.82) is 0 Å². The first-order valence-electron chi connectivity index (χ1n) is 13.8. The molecule has 3 aromatic carbocycles. The molecule has 0 amide bonds. The molecule has 0 bridgehead atoms. The second-order valence-corrected chi connectivity index (χ2v) is 10.7. The van der Waals surface area contributed by atoms with Gasteiger partial charge in [-0.25, -0.2) is 4.39 Å². The number of nitrogens with zero attached hydrogens (tertiary/aromatic N) is 2.